The third-order valence-electron chi connectivity index (χ3n) is 15.6. The van der Waals surface area contributed by atoms with Crippen molar-refractivity contribution in [2.75, 3.05) is 39.6 Å². The zero-order valence-electron chi connectivity index (χ0n) is 55.3. The Hall–Kier alpha value is -1.94. The van der Waals surface area contributed by atoms with Gasteiger partial charge in [0.2, 0.25) is 0 Å². The summed E-state index contributed by atoms with van der Waals surface area (Å²) in [5.74, 6) is -2.12. The maximum atomic E-state index is 13.0. The van der Waals surface area contributed by atoms with Gasteiger partial charge in [-0.25, -0.2) is 9.13 Å². The van der Waals surface area contributed by atoms with E-state index in [9.17, 15) is 43.2 Å². The Morgan fingerprint density at radius 2 is 0.465 bits per heavy atom. The quantitative estimate of drug-likeness (QED) is 0.0222. The summed E-state index contributed by atoms with van der Waals surface area (Å²) in [6.45, 7) is 4.92. The Morgan fingerprint density at radius 3 is 0.686 bits per heavy atom. The van der Waals surface area contributed by atoms with Crippen molar-refractivity contribution in [2.45, 2.75) is 367 Å². The summed E-state index contributed by atoms with van der Waals surface area (Å²) in [4.78, 5) is 72.4. The first-order valence-corrected chi connectivity index (χ1v) is 38.3. The number of unbranched alkanes of at least 4 members (excludes halogenated alkanes) is 42. The van der Waals surface area contributed by atoms with Crippen LogP contribution in [0.15, 0.2) is 0 Å². The standard InChI is InChI=1S/C67H130O17P2/c1-5-9-13-17-21-25-29-32-36-40-44-48-52-65(70)78-58-63(84-67(72)54-50-46-42-38-34-31-27-23-19-15-11-7-3)60-82-86(75,76)80-56-61(68)55-79-85(73,74)81-59-62(57-77-64(69)51-47-43-39-35-28-24-20-16-12-8-4)83-66(71)53-49-45-41-37-33-30-26-22-18-14-10-6-2/h61-63,68H,5-60H2,1-4H3,(H,73,74)(H,75,76)/t61-,62+,63+/m0/s1. The molecule has 19 heteroatoms. The first kappa shape index (κ1) is 84.1. The second-order valence-corrected chi connectivity index (χ2v) is 27.1. The molecule has 0 aromatic rings. The lowest BCUT2D eigenvalue weighted by Gasteiger charge is -2.21. The van der Waals surface area contributed by atoms with Crippen LogP contribution in [0, 0.1) is 0 Å². The minimum absolute atomic E-state index is 0.108. The fourth-order valence-electron chi connectivity index (χ4n) is 10.2. The summed E-state index contributed by atoms with van der Waals surface area (Å²) in [6, 6.07) is 0. The van der Waals surface area contributed by atoms with Gasteiger partial charge in [-0.2, -0.15) is 0 Å². The van der Waals surface area contributed by atoms with E-state index in [1.165, 1.54) is 180 Å². The van der Waals surface area contributed by atoms with E-state index in [-0.39, 0.29) is 25.7 Å². The van der Waals surface area contributed by atoms with Crippen LogP contribution in [-0.4, -0.2) is 96.7 Å². The SMILES string of the molecule is CCCCCCCCCCCCCCC(=O)OC[C@H](COP(=O)(O)OC[C@@H](O)COP(=O)(O)OC[C@@H](COC(=O)CCCCCCCCCCCC)OC(=O)CCCCCCCCCCCCCC)OC(=O)CCCCCCCCCCCCCC. The molecule has 0 radical (unpaired) electrons. The average molecular weight is 1270 g/mol. The molecule has 0 aliphatic rings. The lowest BCUT2D eigenvalue weighted by atomic mass is 10.0. The van der Waals surface area contributed by atoms with Crippen LogP contribution in [-0.2, 0) is 65.4 Å². The van der Waals surface area contributed by atoms with Crippen LogP contribution in [0.1, 0.15) is 349 Å². The molecule has 86 heavy (non-hydrogen) atoms. The largest absolute Gasteiger partial charge is 0.472 e. The van der Waals surface area contributed by atoms with Gasteiger partial charge >= 0.3 is 39.5 Å². The van der Waals surface area contributed by atoms with Gasteiger partial charge < -0.3 is 33.8 Å². The van der Waals surface area contributed by atoms with Crippen molar-refractivity contribution >= 4 is 39.5 Å². The summed E-state index contributed by atoms with van der Waals surface area (Å²) >= 11 is 0. The summed E-state index contributed by atoms with van der Waals surface area (Å²) in [5, 5.41) is 10.6. The number of phosphoric acid groups is 2. The Kier molecular flexibility index (Phi) is 60.5. The van der Waals surface area contributed by atoms with Gasteiger partial charge in [-0.15, -0.1) is 0 Å². The van der Waals surface area contributed by atoms with E-state index in [0.29, 0.717) is 25.7 Å². The van der Waals surface area contributed by atoms with Gasteiger partial charge in [-0.1, -0.05) is 297 Å². The highest BCUT2D eigenvalue weighted by molar-refractivity contribution is 7.47. The molecule has 17 nitrogen and oxygen atoms in total. The minimum atomic E-state index is -4.94. The molecule has 0 fully saturated rings. The third-order valence-corrected chi connectivity index (χ3v) is 17.5. The van der Waals surface area contributed by atoms with E-state index in [1.807, 2.05) is 0 Å². The number of aliphatic hydroxyl groups is 1. The number of hydrogen-bond donors (Lipinski definition) is 3. The minimum Gasteiger partial charge on any atom is -0.462 e. The number of ether oxygens (including phenoxy) is 4. The normalized spacial score (nSPS) is 14.1. The topological polar surface area (TPSA) is 237 Å². The number of rotatable bonds is 68. The fourth-order valence-corrected chi connectivity index (χ4v) is 11.7. The van der Waals surface area contributed by atoms with Crippen molar-refractivity contribution in [3.63, 3.8) is 0 Å². The highest BCUT2D eigenvalue weighted by atomic mass is 31.2. The Bertz CT molecular complexity index is 1650. The van der Waals surface area contributed by atoms with Crippen LogP contribution < -0.4 is 0 Å². The van der Waals surface area contributed by atoms with Crippen LogP contribution in [0.2, 0.25) is 0 Å². The zero-order chi connectivity index (χ0) is 63.3. The second kappa shape index (κ2) is 61.9. The van der Waals surface area contributed by atoms with Crippen molar-refractivity contribution in [3.05, 3.63) is 0 Å². The van der Waals surface area contributed by atoms with E-state index < -0.39 is 97.5 Å². The smallest absolute Gasteiger partial charge is 0.462 e. The van der Waals surface area contributed by atoms with Crippen molar-refractivity contribution in [2.24, 2.45) is 0 Å². The van der Waals surface area contributed by atoms with E-state index in [4.69, 9.17) is 37.0 Å². The fraction of sp³-hybridized carbons (Fsp3) is 0.940. The maximum Gasteiger partial charge on any atom is 0.472 e. The van der Waals surface area contributed by atoms with Crippen molar-refractivity contribution in [3.8, 4) is 0 Å². The molecule has 0 aromatic carbocycles. The molecule has 0 aliphatic carbocycles. The monoisotopic (exact) mass is 1270 g/mol. The molecule has 5 atom stereocenters. The molecular formula is C67H130O17P2. The molecule has 0 amide bonds. The molecule has 0 aliphatic heterocycles. The van der Waals surface area contributed by atoms with E-state index in [2.05, 4.69) is 27.7 Å². The summed E-state index contributed by atoms with van der Waals surface area (Å²) < 4.78 is 68.1. The lowest BCUT2D eigenvalue weighted by Crippen LogP contribution is -2.30. The maximum absolute atomic E-state index is 13.0. The van der Waals surface area contributed by atoms with Crippen LogP contribution in [0.5, 0.6) is 0 Å². The number of hydrogen-bond acceptors (Lipinski definition) is 15. The number of phosphoric ester groups is 2. The predicted molar refractivity (Wildman–Crippen MR) is 345 cm³/mol. The molecule has 510 valence electrons. The Morgan fingerprint density at radius 1 is 0.279 bits per heavy atom. The second-order valence-electron chi connectivity index (χ2n) is 24.2. The van der Waals surface area contributed by atoms with Crippen LogP contribution in [0.3, 0.4) is 0 Å². The first-order valence-electron chi connectivity index (χ1n) is 35.3. The number of aliphatic hydroxyl groups excluding tert-OH is 1. The molecular weight excluding hydrogens is 1140 g/mol. The van der Waals surface area contributed by atoms with Gasteiger partial charge in [0.25, 0.3) is 0 Å². The van der Waals surface area contributed by atoms with Crippen LogP contribution >= 0.6 is 15.6 Å². The van der Waals surface area contributed by atoms with Gasteiger partial charge in [0, 0.05) is 25.7 Å². The zero-order valence-corrected chi connectivity index (χ0v) is 57.1. The Balaban J connectivity index is 5.24. The highest BCUT2D eigenvalue weighted by Gasteiger charge is 2.30. The van der Waals surface area contributed by atoms with Gasteiger partial charge in [-0.3, -0.25) is 37.3 Å². The number of esters is 4. The summed E-state index contributed by atoms with van der Waals surface area (Å²) in [5.41, 5.74) is 0. The summed E-state index contributed by atoms with van der Waals surface area (Å²) in [6.07, 6.45) is 48.3. The van der Waals surface area contributed by atoms with Gasteiger partial charge in [0.15, 0.2) is 12.2 Å². The molecule has 0 saturated carbocycles. The molecule has 0 heterocycles. The van der Waals surface area contributed by atoms with Gasteiger partial charge in [-0.05, 0) is 25.7 Å². The van der Waals surface area contributed by atoms with Gasteiger partial charge in [0.05, 0.1) is 26.4 Å². The molecule has 3 N–H and O–H groups in total. The number of carbonyl (C=O) groups excluding carboxylic acids is 4. The van der Waals surface area contributed by atoms with E-state index in [1.54, 1.807) is 0 Å². The molecule has 0 saturated heterocycles. The van der Waals surface area contributed by atoms with Crippen molar-refractivity contribution < 1.29 is 80.2 Å². The van der Waals surface area contributed by atoms with Gasteiger partial charge in [0.1, 0.15) is 19.3 Å². The average Bonchev–Trinajstić information content (AvgIpc) is 3.65. The molecule has 0 rings (SSSR count). The highest BCUT2D eigenvalue weighted by Crippen LogP contribution is 2.45. The Labute approximate surface area is 524 Å². The van der Waals surface area contributed by atoms with E-state index in [0.717, 1.165) is 89.9 Å². The molecule has 0 bridgehead atoms. The number of carbonyl (C=O) groups is 4. The van der Waals surface area contributed by atoms with E-state index >= 15 is 0 Å². The molecule has 0 aromatic heterocycles. The molecule has 2 unspecified atom stereocenters. The van der Waals surface area contributed by atoms with Crippen LogP contribution in [0.4, 0.5) is 0 Å². The van der Waals surface area contributed by atoms with Crippen molar-refractivity contribution in [1.82, 2.24) is 0 Å². The first-order chi connectivity index (χ1) is 41.7. The molecule has 0 spiro atoms. The summed E-state index contributed by atoms with van der Waals surface area (Å²) in [7, 11) is -9.89. The van der Waals surface area contributed by atoms with Crippen LogP contribution in [0.25, 0.3) is 0 Å². The third kappa shape index (κ3) is 60.9. The predicted octanol–water partition coefficient (Wildman–Crippen LogP) is 19.1. The lowest BCUT2D eigenvalue weighted by molar-refractivity contribution is -0.161. The van der Waals surface area contributed by atoms with Crippen molar-refractivity contribution in [1.29, 1.82) is 0 Å².